The van der Waals surface area contributed by atoms with E-state index in [2.05, 4.69) is 9.71 Å². The molecule has 3 rings (SSSR count). The Balaban J connectivity index is 1.91. The maximum atomic E-state index is 12.9. The Hall–Kier alpha value is -3.44. The first-order valence-electron chi connectivity index (χ1n) is 8.22. The predicted octanol–water partition coefficient (Wildman–Crippen LogP) is 4.30. The lowest BCUT2D eigenvalue weighted by molar-refractivity contribution is 0.476. The number of rotatable bonds is 5. The second-order valence-electron chi connectivity index (χ2n) is 6.11. The quantitative estimate of drug-likeness (QED) is 0.693. The predicted molar refractivity (Wildman–Crippen MR) is 102 cm³/mol. The van der Waals surface area contributed by atoms with E-state index in [1.807, 2.05) is 38.1 Å². The van der Waals surface area contributed by atoms with E-state index in [0.29, 0.717) is 5.75 Å². The molecule has 28 heavy (non-hydrogen) atoms. The largest absolute Gasteiger partial charge is 0.456 e. The first-order valence-corrected chi connectivity index (χ1v) is 9.70. The zero-order valence-electron chi connectivity index (χ0n) is 15.1. The molecule has 0 radical (unpaired) electrons. The number of hydrogen-bond acceptors (Lipinski definition) is 5. The van der Waals surface area contributed by atoms with Gasteiger partial charge in [0.25, 0.3) is 10.0 Å². The number of hydrogen-bond donors (Lipinski definition) is 1. The van der Waals surface area contributed by atoms with E-state index in [1.54, 1.807) is 0 Å². The number of aryl methyl sites for hydroxylation is 2. The van der Waals surface area contributed by atoms with Crippen LogP contribution in [0, 0.1) is 31.0 Å². The molecule has 0 spiro atoms. The standard InChI is InChI=1S/C20H16FN3O3S/c1-13-3-4-14(2)19(9-13)27-18-7-6-17(10-15(18)11-22)28(25,26)24-20-8-5-16(21)12-23-20/h3-10,12H,1-2H3,(H,23,24). The fraction of sp³-hybridized carbons (Fsp3) is 0.100. The van der Waals surface area contributed by atoms with Crippen molar-refractivity contribution < 1.29 is 17.5 Å². The number of ether oxygens (including phenoxy) is 1. The average Bonchev–Trinajstić information content (AvgIpc) is 2.66. The van der Waals surface area contributed by atoms with Crippen molar-refractivity contribution in [2.45, 2.75) is 18.7 Å². The molecule has 6 nitrogen and oxygen atoms in total. The van der Waals surface area contributed by atoms with Gasteiger partial charge in [0.2, 0.25) is 0 Å². The van der Waals surface area contributed by atoms with Crippen LogP contribution < -0.4 is 9.46 Å². The van der Waals surface area contributed by atoms with Gasteiger partial charge in [-0.3, -0.25) is 4.72 Å². The number of halogens is 1. The number of benzene rings is 2. The topological polar surface area (TPSA) is 92.1 Å². The summed E-state index contributed by atoms with van der Waals surface area (Å²) in [5.74, 6) is 0.217. The lowest BCUT2D eigenvalue weighted by Crippen LogP contribution is -2.14. The molecule has 1 heterocycles. The minimum Gasteiger partial charge on any atom is -0.456 e. The van der Waals surface area contributed by atoms with E-state index in [4.69, 9.17) is 4.74 Å². The lowest BCUT2D eigenvalue weighted by Gasteiger charge is -2.12. The molecule has 2 aromatic carbocycles. The third kappa shape index (κ3) is 4.27. The van der Waals surface area contributed by atoms with Crippen LogP contribution in [0.3, 0.4) is 0 Å². The molecule has 8 heteroatoms. The molecule has 0 aliphatic carbocycles. The van der Waals surface area contributed by atoms with Crippen molar-refractivity contribution in [3.63, 3.8) is 0 Å². The summed E-state index contributed by atoms with van der Waals surface area (Å²) in [7, 11) is -4.00. The van der Waals surface area contributed by atoms with Gasteiger partial charge in [-0.05, 0) is 61.4 Å². The van der Waals surface area contributed by atoms with Gasteiger partial charge in [0, 0.05) is 0 Å². The summed E-state index contributed by atoms with van der Waals surface area (Å²) in [6.07, 6.45) is 0.902. The number of nitrogens with zero attached hydrogens (tertiary/aromatic N) is 2. The summed E-state index contributed by atoms with van der Waals surface area (Å²) in [5, 5.41) is 9.43. The fourth-order valence-corrected chi connectivity index (χ4v) is 3.46. The number of pyridine rings is 1. The SMILES string of the molecule is Cc1ccc(C)c(Oc2ccc(S(=O)(=O)Nc3ccc(F)cn3)cc2C#N)c1. The molecule has 0 saturated heterocycles. The highest BCUT2D eigenvalue weighted by molar-refractivity contribution is 7.92. The van der Waals surface area contributed by atoms with Crippen LogP contribution in [-0.2, 0) is 10.0 Å². The second kappa shape index (κ2) is 7.66. The Morgan fingerprint density at radius 2 is 1.86 bits per heavy atom. The van der Waals surface area contributed by atoms with Crippen LogP contribution in [0.4, 0.5) is 10.2 Å². The highest BCUT2D eigenvalue weighted by Gasteiger charge is 2.18. The molecule has 0 aliphatic rings. The van der Waals surface area contributed by atoms with Crippen molar-refractivity contribution in [1.82, 2.24) is 4.98 Å². The Labute approximate surface area is 162 Å². The van der Waals surface area contributed by atoms with Gasteiger partial charge in [-0.1, -0.05) is 12.1 Å². The van der Waals surface area contributed by atoms with Gasteiger partial charge < -0.3 is 4.74 Å². The third-order valence-electron chi connectivity index (χ3n) is 3.91. The van der Waals surface area contributed by atoms with Crippen molar-refractivity contribution >= 4 is 15.8 Å². The van der Waals surface area contributed by atoms with Crippen LogP contribution in [0.5, 0.6) is 11.5 Å². The number of anilines is 1. The smallest absolute Gasteiger partial charge is 0.263 e. The maximum absolute atomic E-state index is 12.9. The minimum absolute atomic E-state index is 0.0318. The van der Waals surface area contributed by atoms with E-state index in [9.17, 15) is 18.1 Å². The van der Waals surface area contributed by atoms with E-state index in [0.717, 1.165) is 23.4 Å². The van der Waals surface area contributed by atoms with Crippen molar-refractivity contribution in [2.75, 3.05) is 4.72 Å². The fourth-order valence-electron chi connectivity index (χ4n) is 2.42. The van der Waals surface area contributed by atoms with Crippen molar-refractivity contribution in [3.05, 3.63) is 77.2 Å². The van der Waals surface area contributed by atoms with Crippen LogP contribution in [-0.4, -0.2) is 13.4 Å². The van der Waals surface area contributed by atoms with Crippen molar-refractivity contribution in [3.8, 4) is 17.6 Å². The average molecular weight is 397 g/mol. The summed E-state index contributed by atoms with van der Waals surface area (Å²) < 4.78 is 46.0. The Morgan fingerprint density at radius 3 is 2.54 bits per heavy atom. The third-order valence-corrected chi connectivity index (χ3v) is 5.26. The van der Waals surface area contributed by atoms with Crippen molar-refractivity contribution in [2.24, 2.45) is 0 Å². The molecule has 0 bridgehead atoms. The molecule has 0 amide bonds. The van der Waals surface area contributed by atoms with Gasteiger partial charge in [-0.15, -0.1) is 0 Å². The lowest BCUT2D eigenvalue weighted by atomic mass is 10.1. The molecule has 1 aromatic heterocycles. The molecule has 0 saturated carbocycles. The Kier molecular flexibility index (Phi) is 5.29. The van der Waals surface area contributed by atoms with E-state index >= 15 is 0 Å². The summed E-state index contributed by atoms with van der Waals surface area (Å²) in [4.78, 5) is 3.53. The Bertz CT molecular complexity index is 1170. The number of sulfonamides is 1. The maximum Gasteiger partial charge on any atom is 0.263 e. The van der Waals surface area contributed by atoms with Gasteiger partial charge in [0.15, 0.2) is 0 Å². The van der Waals surface area contributed by atoms with Gasteiger partial charge in [0.1, 0.15) is 29.2 Å². The molecular formula is C20H16FN3O3S. The molecule has 142 valence electrons. The van der Waals surface area contributed by atoms with E-state index < -0.39 is 15.8 Å². The van der Waals surface area contributed by atoms with E-state index in [-0.39, 0.29) is 22.0 Å². The molecule has 0 unspecified atom stereocenters. The first-order chi connectivity index (χ1) is 13.3. The molecule has 0 fully saturated rings. The molecule has 1 N–H and O–H groups in total. The zero-order chi connectivity index (χ0) is 20.3. The van der Waals surface area contributed by atoms with Gasteiger partial charge in [0.05, 0.1) is 16.7 Å². The highest BCUT2D eigenvalue weighted by Crippen LogP contribution is 2.30. The molecule has 0 aliphatic heterocycles. The van der Waals surface area contributed by atoms with Gasteiger partial charge >= 0.3 is 0 Å². The highest BCUT2D eigenvalue weighted by atomic mass is 32.2. The van der Waals surface area contributed by atoms with Crippen LogP contribution in [0.2, 0.25) is 0 Å². The Morgan fingerprint density at radius 1 is 1.07 bits per heavy atom. The van der Waals surface area contributed by atoms with Crippen LogP contribution in [0.1, 0.15) is 16.7 Å². The summed E-state index contributed by atoms with van der Waals surface area (Å²) >= 11 is 0. The first kappa shape index (κ1) is 19.3. The van der Waals surface area contributed by atoms with Crippen LogP contribution >= 0.6 is 0 Å². The summed E-state index contributed by atoms with van der Waals surface area (Å²) in [5.41, 5.74) is 1.94. The second-order valence-corrected chi connectivity index (χ2v) is 7.79. The molecular weight excluding hydrogens is 381 g/mol. The summed E-state index contributed by atoms with van der Waals surface area (Å²) in [6.45, 7) is 3.79. The van der Waals surface area contributed by atoms with Crippen molar-refractivity contribution in [1.29, 1.82) is 5.26 Å². The number of aromatic nitrogens is 1. The molecule has 3 aromatic rings. The van der Waals surface area contributed by atoms with Crippen LogP contribution in [0.25, 0.3) is 0 Å². The van der Waals surface area contributed by atoms with E-state index in [1.165, 1.54) is 24.3 Å². The van der Waals surface area contributed by atoms with Crippen LogP contribution in [0.15, 0.2) is 59.6 Å². The summed E-state index contributed by atoms with van der Waals surface area (Å²) in [6, 6.07) is 13.9. The number of nitrogens with one attached hydrogen (secondary N) is 1. The van der Waals surface area contributed by atoms with Gasteiger partial charge in [-0.25, -0.2) is 17.8 Å². The monoisotopic (exact) mass is 397 g/mol. The zero-order valence-corrected chi connectivity index (χ0v) is 15.9. The number of nitriles is 1. The normalized spacial score (nSPS) is 10.9. The minimum atomic E-state index is -4.00. The van der Waals surface area contributed by atoms with Gasteiger partial charge in [-0.2, -0.15) is 5.26 Å². The molecule has 0 atom stereocenters.